The lowest BCUT2D eigenvalue weighted by Crippen LogP contribution is -2.40. The fourth-order valence-corrected chi connectivity index (χ4v) is 2.99. The van der Waals surface area contributed by atoms with Crippen LogP contribution in [0.25, 0.3) is 0 Å². The summed E-state index contributed by atoms with van der Waals surface area (Å²) < 4.78 is 21.9. The Bertz CT molecular complexity index is 762. The van der Waals surface area contributed by atoms with Crippen molar-refractivity contribution in [3.63, 3.8) is 0 Å². The second kappa shape index (κ2) is 11.6. The quantitative estimate of drug-likeness (QED) is 0.378. The van der Waals surface area contributed by atoms with Gasteiger partial charge in [0.15, 0.2) is 11.5 Å². The van der Waals surface area contributed by atoms with Crippen LogP contribution in [-0.4, -0.2) is 60.6 Å². The number of carbonyl (C=O) groups excluding carboxylic acids is 2. The standard InChI is InChI=1S/C23H31NO7/c1-5-11-28-13-9-21(26)24(22(27)10-14-29-12-6-2)16-18(25)17-7-8-19-20(15-17)31-23(3,4)30-19/h5-8,15,18,25H,1-2,9-14,16H2,3-4H3. The molecule has 0 aromatic heterocycles. The summed E-state index contributed by atoms with van der Waals surface area (Å²) >= 11 is 0. The molecule has 0 fully saturated rings. The highest BCUT2D eigenvalue weighted by molar-refractivity contribution is 5.95. The summed E-state index contributed by atoms with van der Waals surface area (Å²) in [5.41, 5.74) is 0.511. The fourth-order valence-electron chi connectivity index (χ4n) is 2.99. The average molecular weight is 434 g/mol. The topological polar surface area (TPSA) is 94.5 Å². The van der Waals surface area contributed by atoms with E-state index in [4.69, 9.17) is 18.9 Å². The maximum absolute atomic E-state index is 12.7. The van der Waals surface area contributed by atoms with Crippen LogP contribution in [0, 0.1) is 0 Å². The van der Waals surface area contributed by atoms with Crippen LogP contribution in [0.15, 0.2) is 43.5 Å². The zero-order chi connectivity index (χ0) is 22.9. The molecule has 170 valence electrons. The fraction of sp³-hybridized carbons (Fsp3) is 0.478. The van der Waals surface area contributed by atoms with E-state index in [1.54, 1.807) is 44.2 Å². The zero-order valence-corrected chi connectivity index (χ0v) is 18.2. The molecule has 1 aromatic rings. The van der Waals surface area contributed by atoms with Crippen molar-refractivity contribution in [1.29, 1.82) is 0 Å². The number of carbonyl (C=O) groups is 2. The van der Waals surface area contributed by atoms with Crippen LogP contribution >= 0.6 is 0 Å². The Morgan fingerprint density at radius 3 is 2.16 bits per heavy atom. The number of hydrogen-bond acceptors (Lipinski definition) is 7. The molecule has 0 bridgehead atoms. The van der Waals surface area contributed by atoms with Crippen LogP contribution in [0.1, 0.15) is 38.4 Å². The molecule has 1 N–H and O–H groups in total. The molecule has 0 aliphatic carbocycles. The molecule has 2 rings (SSSR count). The van der Waals surface area contributed by atoms with Crippen LogP contribution in [0.5, 0.6) is 11.5 Å². The third-order valence-electron chi connectivity index (χ3n) is 4.41. The van der Waals surface area contributed by atoms with E-state index in [2.05, 4.69) is 13.2 Å². The van der Waals surface area contributed by atoms with Gasteiger partial charge in [-0.2, -0.15) is 0 Å². The van der Waals surface area contributed by atoms with Gasteiger partial charge in [0.1, 0.15) is 0 Å². The Balaban J connectivity index is 2.06. The molecular weight excluding hydrogens is 402 g/mol. The molecule has 0 spiro atoms. The minimum Gasteiger partial charge on any atom is -0.449 e. The summed E-state index contributed by atoms with van der Waals surface area (Å²) in [5, 5.41) is 10.7. The molecule has 8 nitrogen and oxygen atoms in total. The molecule has 2 amide bonds. The first-order valence-electron chi connectivity index (χ1n) is 10.2. The molecule has 1 atom stereocenters. The van der Waals surface area contributed by atoms with Crippen LogP contribution < -0.4 is 9.47 Å². The van der Waals surface area contributed by atoms with E-state index in [1.165, 1.54) is 0 Å². The van der Waals surface area contributed by atoms with Gasteiger partial charge in [-0.1, -0.05) is 18.2 Å². The lowest BCUT2D eigenvalue weighted by molar-refractivity contribution is -0.147. The van der Waals surface area contributed by atoms with E-state index in [0.29, 0.717) is 30.3 Å². The number of aliphatic hydroxyl groups excluding tert-OH is 1. The van der Waals surface area contributed by atoms with Crippen molar-refractivity contribution in [2.45, 2.75) is 38.6 Å². The van der Waals surface area contributed by atoms with E-state index in [-0.39, 0.29) is 32.6 Å². The number of fused-ring (bicyclic) bond motifs is 1. The first-order chi connectivity index (χ1) is 14.8. The molecule has 0 saturated heterocycles. The van der Waals surface area contributed by atoms with Gasteiger partial charge in [-0.15, -0.1) is 13.2 Å². The Morgan fingerprint density at radius 1 is 1.06 bits per heavy atom. The van der Waals surface area contributed by atoms with Gasteiger partial charge in [-0.25, -0.2) is 0 Å². The van der Waals surface area contributed by atoms with Crippen LogP contribution in [0.4, 0.5) is 0 Å². The summed E-state index contributed by atoms with van der Waals surface area (Å²) in [5.74, 6) is -0.580. The first kappa shape index (κ1) is 24.6. The molecule has 1 unspecified atom stereocenters. The lowest BCUT2D eigenvalue weighted by Gasteiger charge is -2.24. The SMILES string of the molecule is C=CCOCCC(=O)N(CC(O)c1ccc2c(c1)OC(C)(C)O2)C(=O)CCOCC=C. The van der Waals surface area contributed by atoms with Gasteiger partial charge in [0.25, 0.3) is 0 Å². The van der Waals surface area contributed by atoms with Crippen LogP contribution in [0.3, 0.4) is 0 Å². The minimum absolute atomic E-state index is 0.00907. The van der Waals surface area contributed by atoms with Gasteiger partial charge >= 0.3 is 0 Å². The summed E-state index contributed by atoms with van der Waals surface area (Å²) in [6, 6.07) is 5.03. The number of amides is 2. The van der Waals surface area contributed by atoms with Gasteiger partial charge in [-0.3, -0.25) is 14.5 Å². The third-order valence-corrected chi connectivity index (χ3v) is 4.41. The van der Waals surface area contributed by atoms with Gasteiger partial charge in [0, 0.05) is 13.8 Å². The van der Waals surface area contributed by atoms with E-state index in [1.807, 2.05) is 0 Å². The third kappa shape index (κ3) is 7.50. The van der Waals surface area contributed by atoms with Gasteiger partial charge in [0.2, 0.25) is 17.6 Å². The average Bonchev–Trinajstić information content (AvgIpc) is 3.04. The van der Waals surface area contributed by atoms with Gasteiger partial charge in [-0.05, 0) is 17.7 Å². The second-order valence-electron chi connectivity index (χ2n) is 7.45. The highest BCUT2D eigenvalue weighted by Gasteiger charge is 2.32. The number of rotatable bonds is 13. The van der Waals surface area contributed by atoms with E-state index in [9.17, 15) is 14.7 Å². The monoisotopic (exact) mass is 433 g/mol. The van der Waals surface area contributed by atoms with Crippen molar-refractivity contribution in [1.82, 2.24) is 4.90 Å². The molecule has 0 saturated carbocycles. The van der Waals surface area contributed by atoms with E-state index in [0.717, 1.165) is 4.90 Å². The second-order valence-corrected chi connectivity index (χ2v) is 7.45. The molecule has 1 aliphatic heterocycles. The van der Waals surface area contributed by atoms with Gasteiger partial charge in [0.05, 0.1) is 51.9 Å². The first-order valence-corrected chi connectivity index (χ1v) is 10.2. The predicted octanol–water partition coefficient (Wildman–Crippen LogP) is 2.77. The Hall–Kier alpha value is -2.68. The molecule has 1 aromatic carbocycles. The number of hydrogen-bond donors (Lipinski definition) is 1. The Labute approximate surface area is 183 Å². The number of nitrogens with zero attached hydrogens (tertiary/aromatic N) is 1. The summed E-state index contributed by atoms with van der Waals surface area (Å²) in [7, 11) is 0. The normalized spacial score (nSPS) is 14.7. The molecule has 1 aliphatic rings. The number of imide groups is 1. The van der Waals surface area contributed by atoms with Gasteiger partial charge < -0.3 is 24.1 Å². The molecule has 8 heteroatoms. The number of benzene rings is 1. The van der Waals surface area contributed by atoms with E-state index < -0.39 is 23.7 Å². The summed E-state index contributed by atoms with van der Waals surface area (Å²) in [4.78, 5) is 26.4. The largest absolute Gasteiger partial charge is 0.449 e. The van der Waals surface area contributed by atoms with Crippen molar-refractivity contribution in [3.05, 3.63) is 49.1 Å². The smallest absolute Gasteiger partial charge is 0.246 e. The van der Waals surface area contributed by atoms with Crippen molar-refractivity contribution in [3.8, 4) is 11.5 Å². The van der Waals surface area contributed by atoms with Crippen LogP contribution in [0.2, 0.25) is 0 Å². The van der Waals surface area contributed by atoms with Crippen molar-refractivity contribution >= 4 is 11.8 Å². The minimum atomic E-state index is -1.09. The highest BCUT2D eigenvalue weighted by atomic mass is 16.7. The van der Waals surface area contributed by atoms with Crippen molar-refractivity contribution < 1.29 is 33.6 Å². The molecular formula is C23H31NO7. The molecule has 1 heterocycles. The molecule has 0 radical (unpaired) electrons. The Kier molecular flexibility index (Phi) is 9.23. The number of ether oxygens (including phenoxy) is 4. The van der Waals surface area contributed by atoms with Crippen molar-refractivity contribution in [2.75, 3.05) is 33.0 Å². The Morgan fingerprint density at radius 2 is 1.61 bits per heavy atom. The zero-order valence-electron chi connectivity index (χ0n) is 18.2. The maximum atomic E-state index is 12.7. The lowest BCUT2D eigenvalue weighted by atomic mass is 10.1. The van der Waals surface area contributed by atoms with E-state index >= 15 is 0 Å². The maximum Gasteiger partial charge on any atom is 0.246 e. The highest BCUT2D eigenvalue weighted by Crippen LogP contribution is 2.40. The summed E-state index contributed by atoms with van der Waals surface area (Å²) in [6.07, 6.45) is 2.09. The molecule has 31 heavy (non-hydrogen) atoms. The number of aliphatic hydroxyl groups is 1. The van der Waals surface area contributed by atoms with Crippen LogP contribution in [-0.2, 0) is 19.1 Å². The summed E-state index contributed by atoms with van der Waals surface area (Å²) in [6.45, 7) is 11.4. The predicted molar refractivity (Wildman–Crippen MR) is 115 cm³/mol. The van der Waals surface area contributed by atoms with Crippen molar-refractivity contribution in [2.24, 2.45) is 0 Å².